The second-order valence-corrected chi connectivity index (χ2v) is 8.40. The van der Waals surface area contributed by atoms with Gasteiger partial charge in [0, 0.05) is 44.0 Å². The molecule has 0 amide bonds. The van der Waals surface area contributed by atoms with Gasteiger partial charge in [0.15, 0.2) is 0 Å². The molecule has 1 saturated carbocycles. The summed E-state index contributed by atoms with van der Waals surface area (Å²) in [5.41, 5.74) is 1.93. The molecule has 2 aromatic heterocycles. The summed E-state index contributed by atoms with van der Waals surface area (Å²) in [5.74, 6) is 1.08. The van der Waals surface area contributed by atoms with E-state index in [1.54, 1.807) is 10.9 Å². The number of rotatable bonds is 5. The molecule has 152 valence electrons. The second-order valence-electron chi connectivity index (χ2n) is 8.40. The van der Waals surface area contributed by atoms with Crippen molar-refractivity contribution in [2.75, 3.05) is 31.1 Å². The third kappa shape index (κ3) is 3.53. The minimum Gasteiger partial charge on any atom is -0.369 e. The van der Waals surface area contributed by atoms with E-state index in [4.69, 9.17) is 0 Å². The molecule has 0 atom stereocenters. The topological polar surface area (TPSA) is 72.1 Å². The van der Waals surface area contributed by atoms with Gasteiger partial charge in [0.05, 0.1) is 23.8 Å². The van der Waals surface area contributed by atoms with E-state index < -0.39 is 0 Å². The summed E-state index contributed by atoms with van der Waals surface area (Å²) in [7, 11) is 0. The van der Waals surface area contributed by atoms with Crippen LogP contribution in [0.2, 0.25) is 0 Å². The monoisotopic (exact) mass is 393 g/mol. The van der Waals surface area contributed by atoms with E-state index >= 15 is 0 Å². The lowest BCUT2D eigenvalue weighted by atomic mass is 10.2. The molecule has 3 aromatic rings. The average molecular weight is 393 g/mol. The van der Waals surface area contributed by atoms with Gasteiger partial charge in [-0.05, 0) is 44.9 Å². The van der Waals surface area contributed by atoms with Crippen LogP contribution in [0.25, 0.3) is 10.9 Å². The largest absolute Gasteiger partial charge is 0.369 e. The van der Waals surface area contributed by atoms with Crippen molar-refractivity contribution in [1.82, 2.24) is 29.2 Å². The highest BCUT2D eigenvalue weighted by molar-refractivity contribution is 5.81. The lowest BCUT2D eigenvalue weighted by Crippen LogP contribution is -2.46. The Morgan fingerprint density at radius 1 is 1.10 bits per heavy atom. The van der Waals surface area contributed by atoms with Crippen molar-refractivity contribution < 1.29 is 0 Å². The van der Waals surface area contributed by atoms with Crippen LogP contribution in [0.5, 0.6) is 0 Å². The number of hydrogen-bond acceptors (Lipinski definition) is 6. The van der Waals surface area contributed by atoms with E-state index in [1.807, 2.05) is 32.3 Å². The average Bonchev–Trinajstić information content (AvgIpc) is 3.47. The minimum atomic E-state index is 0.0288. The van der Waals surface area contributed by atoms with Gasteiger partial charge in [-0.1, -0.05) is 0 Å². The highest BCUT2D eigenvalue weighted by atomic mass is 16.1. The van der Waals surface area contributed by atoms with Gasteiger partial charge >= 0.3 is 0 Å². The maximum Gasteiger partial charge on any atom is 0.261 e. The molecule has 1 aliphatic carbocycles. The SMILES string of the molecule is CC(C)n1cnc2cc(N3CCN(Cc4nncn4C4CC4)CC3)ccc2c1=O. The molecule has 0 spiro atoms. The van der Waals surface area contributed by atoms with Crippen LogP contribution in [-0.4, -0.2) is 55.4 Å². The summed E-state index contributed by atoms with van der Waals surface area (Å²) in [4.78, 5) is 22.0. The first-order valence-corrected chi connectivity index (χ1v) is 10.5. The van der Waals surface area contributed by atoms with Crippen molar-refractivity contribution in [2.24, 2.45) is 0 Å². The highest BCUT2D eigenvalue weighted by Gasteiger charge is 2.27. The van der Waals surface area contributed by atoms with E-state index in [-0.39, 0.29) is 11.6 Å². The minimum absolute atomic E-state index is 0.0288. The van der Waals surface area contributed by atoms with Crippen LogP contribution in [0.3, 0.4) is 0 Å². The van der Waals surface area contributed by atoms with Crippen LogP contribution in [-0.2, 0) is 6.54 Å². The fraction of sp³-hybridized carbons (Fsp3) is 0.524. The van der Waals surface area contributed by atoms with E-state index in [2.05, 4.69) is 35.6 Å². The van der Waals surface area contributed by atoms with Crippen LogP contribution < -0.4 is 10.5 Å². The zero-order valence-electron chi connectivity index (χ0n) is 17.0. The van der Waals surface area contributed by atoms with E-state index in [0.717, 1.165) is 49.8 Å². The smallest absolute Gasteiger partial charge is 0.261 e. The molecular weight excluding hydrogens is 366 g/mol. The Bertz CT molecular complexity index is 1070. The van der Waals surface area contributed by atoms with Crippen molar-refractivity contribution in [3.8, 4) is 0 Å². The third-order valence-electron chi connectivity index (χ3n) is 6.01. The molecule has 5 rings (SSSR count). The summed E-state index contributed by atoms with van der Waals surface area (Å²) in [5, 5.41) is 9.12. The second kappa shape index (κ2) is 7.26. The van der Waals surface area contributed by atoms with Gasteiger partial charge in [-0.25, -0.2) is 4.98 Å². The van der Waals surface area contributed by atoms with Gasteiger partial charge in [0.25, 0.3) is 5.56 Å². The zero-order chi connectivity index (χ0) is 20.0. The maximum atomic E-state index is 12.6. The molecule has 0 unspecified atom stereocenters. The number of nitrogens with zero attached hydrogens (tertiary/aromatic N) is 7. The number of aromatic nitrogens is 5. The van der Waals surface area contributed by atoms with Crippen LogP contribution in [0.1, 0.15) is 44.6 Å². The Balaban J connectivity index is 1.28. The predicted molar refractivity (Wildman–Crippen MR) is 112 cm³/mol. The van der Waals surface area contributed by atoms with Gasteiger partial charge in [0.2, 0.25) is 0 Å². The Hall–Kier alpha value is -2.74. The van der Waals surface area contributed by atoms with E-state index in [9.17, 15) is 4.79 Å². The summed E-state index contributed by atoms with van der Waals surface area (Å²) >= 11 is 0. The summed E-state index contributed by atoms with van der Waals surface area (Å²) in [6, 6.07) is 6.74. The molecule has 1 aromatic carbocycles. The lowest BCUT2D eigenvalue weighted by molar-refractivity contribution is 0.240. The molecule has 2 fully saturated rings. The molecule has 0 bridgehead atoms. The Morgan fingerprint density at radius 3 is 2.62 bits per heavy atom. The molecule has 3 heterocycles. The number of piperazine rings is 1. The summed E-state index contributed by atoms with van der Waals surface area (Å²) in [6.07, 6.45) is 6.03. The molecule has 2 aliphatic rings. The highest BCUT2D eigenvalue weighted by Crippen LogP contribution is 2.35. The summed E-state index contributed by atoms with van der Waals surface area (Å²) in [6.45, 7) is 8.72. The van der Waals surface area contributed by atoms with Crippen molar-refractivity contribution in [1.29, 1.82) is 0 Å². The van der Waals surface area contributed by atoms with Crippen LogP contribution in [0, 0.1) is 0 Å². The normalized spacial score (nSPS) is 18.1. The molecule has 1 saturated heterocycles. The fourth-order valence-corrected chi connectivity index (χ4v) is 4.09. The van der Waals surface area contributed by atoms with Gasteiger partial charge in [0.1, 0.15) is 12.2 Å². The quantitative estimate of drug-likeness (QED) is 0.662. The molecule has 8 heteroatoms. The predicted octanol–water partition coefficient (Wildman–Crippen LogP) is 2.23. The van der Waals surface area contributed by atoms with E-state index in [0.29, 0.717) is 11.4 Å². The first kappa shape index (κ1) is 18.3. The first-order chi connectivity index (χ1) is 14.1. The molecule has 8 nitrogen and oxygen atoms in total. The molecular formula is C21H27N7O. The molecule has 0 radical (unpaired) electrons. The number of hydrogen-bond donors (Lipinski definition) is 0. The Labute approximate surface area is 169 Å². The zero-order valence-corrected chi connectivity index (χ0v) is 17.0. The van der Waals surface area contributed by atoms with Gasteiger partial charge < -0.3 is 9.47 Å². The Morgan fingerprint density at radius 2 is 1.90 bits per heavy atom. The van der Waals surface area contributed by atoms with Crippen molar-refractivity contribution in [3.63, 3.8) is 0 Å². The van der Waals surface area contributed by atoms with Gasteiger partial charge in [-0.2, -0.15) is 0 Å². The van der Waals surface area contributed by atoms with Crippen LogP contribution in [0.15, 0.2) is 35.6 Å². The standard InChI is InChI=1S/C21H27N7O/c1-15(2)27-13-22-19-11-17(5-6-18(19)21(27)29)26-9-7-25(8-10-26)12-20-24-23-14-28(20)16-3-4-16/h5-6,11,13-16H,3-4,7-10,12H2,1-2H3. The summed E-state index contributed by atoms with van der Waals surface area (Å²) < 4.78 is 3.92. The number of anilines is 1. The van der Waals surface area contributed by atoms with Crippen molar-refractivity contribution in [3.05, 3.63) is 47.0 Å². The van der Waals surface area contributed by atoms with Crippen molar-refractivity contribution >= 4 is 16.6 Å². The molecule has 29 heavy (non-hydrogen) atoms. The first-order valence-electron chi connectivity index (χ1n) is 10.5. The number of fused-ring (bicyclic) bond motifs is 1. The lowest BCUT2D eigenvalue weighted by Gasteiger charge is -2.36. The number of benzene rings is 1. The fourth-order valence-electron chi connectivity index (χ4n) is 4.09. The van der Waals surface area contributed by atoms with Crippen LogP contribution >= 0.6 is 0 Å². The van der Waals surface area contributed by atoms with E-state index in [1.165, 1.54) is 12.8 Å². The van der Waals surface area contributed by atoms with Crippen LogP contribution in [0.4, 0.5) is 5.69 Å². The van der Waals surface area contributed by atoms with Gasteiger partial charge in [-0.3, -0.25) is 14.3 Å². The van der Waals surface area contributed by atoms with Crippen molar-refractivity contribution in [2.45, 2.75) is 45.3 Å². The Kier molecular flexibility index (Phi) is 4.58. The molecule has 1 aliphatic heterocycles. The maximum absolute atomic E-state index is 12.6. The third-order valence-corrected chi connectivity index (χ3v) is 6.01. The molecule has 0 N–H and O–H groups in total. The van der Waals surface area contributed by atoms with Gasteiger partial charge in [-0.15, -0.1) is 10.2 Å².